The smallest absolute Gasteiger partial charge is 0.205 e. The van der Waals surface area contributed by atoms with Crippen LogP contribution in [-0.2, 0) is 0 Å². The van der Waals surface area contributed by atoms with Crippen molar-refractivity contribution in [3.05, 3.63) is 5.01 Å². The molecule has 0 unspecified atom stereocenters. The molecule has 1 N–H and O–H groups in total. The second kappa shape index (κ2) is 5.53. The second-order valence-corrected chi connectivity index (χ2v) is 6.57. The number of nitrogens with one attached hydrogen (secondary N) is 1. The van der Waals surface area contributed by atoms with Crippen LogP contribution in [0.5, 0.6) is 0 Å². The van der Waals surface area contributed by atoms with Crippen molar-refractivity contribution in [2.24, 2.45) is 5.92 Å². The van der Waals surface area contributed by atoms with Gasteiger partial charge in [-0.2, -0.15) is 0 Å². The third-order valence-electron chi connectivity index (χ3n) is 3.82. The Morgan fingerprint density at radius 2 is 2.22 bits per heavy atom. The van der Waals surface area contributed by atoms with Gasteiger partial charge in [0.05, 0.1) is 0 Å². The van der Waals surface area contributed by atoms with Crippen molar-refractivity contribution in [1.82, 2.24) is 15.1 Å². The molecule has 1 aromatic heterocycles. The van der Waals surface area contributed by atoms with Crippen molar-refractivity contribution in [2.75, 3.05) is 31.5 Å². The molecule has 0 amide bonds. The number of likely N-dealkylation sites (tertiary alicyclic amines) is 1. The summed E-state index contributed by atoms with van der Waals surface area (Å²) in [5.74, 6) is 1.51. The summed E-state index contributed by atoms with van der Waals surface area (Å²) in [7, 11) is 0. The van der Waals surface area contributed by atoms with Gasteiger partial charge in [0.15, 0.2) is 0 Å². The fourth-order valence-electron chi connectivity index (χ4n) is 2.63. The number of aromatic nitrogens is 2. The van der Waals surface area contributed by atoms with Gasteiger partial charge in [-0.15, -0.1) is 10.2 Å². The Bertz CT molecular complexity index is 388. The van der Waals surface area contributed by atoms with Gasteiger partial charge in [0, 0.05) is 19.0 Å². The number of rotatable bonds is 6. The van der Waals surface area contributed by atoms with E-state index < -0.39 is 0 Å². The van der Waals surface area contributed by atoms with Crippen LogP contribution in [0.2, 0.25) is 0 Å². The summed E-state index contributed by atoms with van der Waals surface area (Å²) in [5.41, 5.74) is 0. The van der Waals surface area contributed by atoms with Gasteiger partial charge in [-0.1, -0.05) is 18.3 Å². The van der Waals surface area contributed by atoms with Crippen molar-refractivity contribution in [3.63, 3.8) is 0 Å². The molecule has 2 fully saturated rings. The van der Waals surface area contributed by atoms with Crippen molar-refractivity contribution in [3.8, 4) is 0 Å². The minimum Gasteiger partial charge on any atom is -0.360 e. The lowest BCUT2D eigenvalue weighted by Crippen LogP contribution is -2.23. The van der Waals surface area contributed by atoms with Gasteiger partial charge < -0.3 is 10.2 Å². The maximum atomic E-state index is 4.26. The van der Waals surface area contributed by atoms with Crippen LogP contribution >= 0.6 is 11.3 Å². The number of nitrogens with zero attached hydrogens (tertiary/aromatic N) is 3. The van der Waals surface area contributed by atoms with Crippen LogP contribution in [0.25, 0.3) is 0 Å². The number of anilines is 1. The van der Waals surface area contributed by atoms with Gasteiger partial charge in [0.1, 0.15) is 5.01 Å². The van der Waals surface area contributed by atoms with E-state index in [1.54, 1.807) is 11.3 Å². The first-order valence-corrected chi connectivity index (χ1v) is 7.96. The highest BCUT2D eigenvalue weighted by Gasteiger charge is 2.28. The molecule has 0 aromatic carbocycles. The molecule has 1 atom stereocenters. The van der Waals surface area contributed by atoms with E-state index in [1.165, 1.54) is 50.3 Å². The molecule has 0 bridgehead atoms. The summed E-state index contributed by atoms with van der Waals surface area (Å²) >= 11 is 1.75. The fraction of sp³-hybridized carbons (Fsp3) is 0.846. The molecule has 2 aliphatic rings. The quantitative estimate of drug-likeness (QED) is 0.859. The summed E-state index contributed by atoms with van der Waals surface area (Å²) in [6.45, 7) is 7.08. The van der Waals surface area contributed by atoms with Crippen LogP contribution in [0.15, 0.2) is 0 Å². The number of hydrogen-bond acceptors (Lipinski definition) is 5. The van der Waals surface area contributed by atoms with Gasteiger partial charge in [-0.25, -0.2) is 0 Å². The molecule has 0 spiro atoms. The monoisotopic (exact) mass is 266 g/mol. The van der Waals surface area contributed by atoms with Crippen LogP contribution in [0.3, 0.4) is 0 Å². The molecule has 1 aliphatic carbocycles. The van der Waals surface area contributed by atoms with Crippen LogP contribution in [0.4, 0.5) is 5.13 Å². The Morgan fingerprint density at radius 3 is 3.00 bits per heavy atom. The van der Waals surface area contributed by atoms with Gasteiger partial charge in [0.25, 0.3) is 0 Å². The van der Waals surface area contributed by atoms with E-state index in [9.17, 15) is 0 Å². The Labute approximate surface area is 113 Å². The first kappa shape index (κ1) is 12.4. The fourth-order valence-corrected chi connectivity index (χ4v) is 3.55. The zero-order valence-electron chi connectivity index (χ0n) is 11.1. The molecule has 4 nitrogen and oxygen atoms in total. The lowest BCUT2D eigenvalue weighted by Gasteiger charge is -2.14. The standard InChI is InChI=1S/C13H22N4S/c1-2-6-17-7-5-10(9-17)8-14-13-16-15-12(18-13)11-3-4-11/h10-11H,2-9H2,1H3,(H,14,16)/t10-/m0/s1. The molecule has 1 saturated heterocycles. The lowest BCUT2D eigenvalue weighted by molar-refractivity contribution is 0.327. The first-order valence-electron chi connectivity index (χ1n) is 7.14. The highest BCUT2D eigenvalue weighted by atomic mass is 32.1. The zero-order chi connectivity index (χ0) is 12.4. The van der Waals surface area contributed by atoms with Crippen LogP contribution in [0.1, 0.15) is 43.5 Å². The molecule has 1 aliphatic heterocycles. The molecule has 3 rings (SSSR count). The Morgan fingerprint density at radius 1 is 1.33 bits per heavy atom. The van der Waals surface area contributed by atoms with E-state index in [-0.39, 0.29) is 0 Å². The topological polar surface area (TPSA) is 41.0 Å². The van der Waals surface area contributed by atoms with Crippen LogP contribution in [-0.4, -0.2) is 41.3 Å². The van der Waals surface area contributed by atoms with E-state index >= 15 is 0 Å². The normalized spacial score (nSPS) is 24.6. The maximum absolute atomic E-state index is 4.26. The molecule has 2 heterocycles. The van der Waals surface area contributed by atoms with Crippen molar-refractivity contribution in [1.29, 1.82) is 0 Å². The zero-order valence-corrected chi connectivity index (χ0v) is 11.9. The Balaban J connectivity index is 1.43. The summed E-state index contributed by atoms with van der Waals surface area (Å²) in [6.07, 6.45) is 5.20. The molecule has 1 aromatic rings. The van der Waals surface area contributed by atoms with Crippen LogP contribution < -0.4 is 5.32 Å². The molecule has 100 valence electrons. The van der Waals surface area contributed by atoms with E-state index in [1.807, 2.05) is 0 Å². The van der Waals surface area contributed by atoms with Gasteiger partial charge in [-0.05, 0) is 44.7 Å². The highest BCUT2D eigenvalue weighted by molar-refractivity contribution is 7.15. The minimum atomic E-state index is 0.726. The van der Waals surface area contributed by atoms with Crippen molar-refractivity contribution < 1.29 is 0 Å². The first-order chi connectivity index (χ1) is 8.85. The largest absolute Gasteiger partial charge is 0.360 e. The summed E-state index contributed by atoms with van der Waals surface area (Å²) in [5, 5.41) is 14.2. The molecule has 5 heteroatoms. The van der Waals surface area contributed by atoms with E-state index in [0.29, 0.717) is 0 Å². The van der Waals surface area contributed by atoms with Crippen LogP contribution in [0, 0.1) is 5.92 Å². The van der Waals surface area contributed by atoms with Gasteiger partial charge in [-0.3, -0.25) is 0 Å². The molecule has 18 heavy (non-hydrogen) atoms. The number of hydrogen-bond donors (Lipinski definition) is 1. The third kappa shape index (κ3) is 3.01. The van der Waals surface area contributed by atoms with Gasteiger partial charge >= 0.3 is 0 Å². The Hall–Kier alpha value is -0.680. The average Bonchev–Trinajstić information content (AvgIpc) is 2.95. The molecule has 1 saturated carbocycles. The predicted molar refractivity (Wildman–Crippen MR) is 75.2 cm³/mol. The van der Waals surface area contributed by atoms with E-state index in [2.05, 4.69) is 27.3 Å². The lowest BCUT2D eigenvalue weighted by atomic mass is 10.1. The minimum absolute atomic E-state index is 0.726. The Kier molecular flexibility index (Phi) is 3.80. The van der Waals surface area contributed by atoms with E-state index in [0.717, 1.165) is 23.5 Å². The van der Waals surface area contributed by atoms with Crippen molar-refractivity contribution >= 4 is 16.5 Å². The van der Waals surface area contributed by atoms with E-state index in [4.69, 9.17) is 0 Å². The van der Waals surface area contributed by atoms with Gasteiger partial charge in [0.2, 0.25) is 5.13 Å². The molecular formula is C13H22N4S. The summed E-state index contributed by atoms with van der Waals surface area (Å²) in [4.78, 5) is 2.57. The molecule has 0 radical (unpaired) electrons. The molecular weight excluding hydrogens is 244 g/mol. The SMILES string of the molecule is CCCN1CC[C@@H](CNc2nnc(C3CC3)s2)C1. The maximum Gasteiger partial charge on any atom is 0.205 e. The summed E-state index contributed by atoms with van der Waals surface area (Å²) in [6, 6.07) is 0. The third-order valence-corrected chi connectivity index (χ3v) is 4.86. The predicted octanol–water partition coefficient (Wildman–Crippen LogP) is 2.56. The second-order valence-electron chi connectivity index (χ2n) is 5.56. The average molecular weight is 266 g/mol. The highest BCUT2D eigenvalue weighted by Crippen LogP contribution is 2.42. The van der Waals surface area contributed by atoms with Crippen molar-refractivity contribution in [2.45, 2.75) is 38.5 Å². The summed E-state index contributed by atoms with van der Waals surface area (Å²) < 4.78 is 0.